The second-order valence-electron chi connectivity index (χ2n) is 3.12. The second-order valence-corrected chi connectivity index (χ2v) is 3.12. The monoisotopic (exact) mass is 222 g/mol. The maximum atomic E-state index is 13.0. The summed E-state index contributed by atoms with van der Waals surface area (Å²) in [6.07, 6.45) is 3.80. The molecule has 0 bridgehead atoms. The molecule has 0 spiro atoms. The first-order valence-electron chi connectivity index (χ1n) is 4.65. The van der Waals surface area contributed by atoms with Crippen molar-refractivity contribution in [1.82, 2.24) is 0 Å². The van der Waals surface area contributed by atoms with Crippen molar-refractivity contribution in [2.75, 3.05) is 7.11 Å². The quantitative estimate of drug-likeness (QED) is 0.579. The van der Waals surface area contributed by atoms with Gasteiger partial charge in [-0.2, -0.15) is 0 Å². The maximum absolute atomic E-state index is 13.0. The molecule has 4 heteroatoms. The van der Waals surface area contributed by atoms with E-state index < -0.39 is 5.82 Å². The minimum absolute atomic E-state index is 0.115. The summed E-state index contributed by atoms with van der Waals surface area (Å²) in [6, 6.07) is 3.95. The normalized spacial score (nSPS) is 10.4. The molecule has 0 N–H and O–H groups in total. The van der Waals surface area contributed by atoms with Crippen LogP contribution in [0.25, 0.3) is 6.08 Å². The zero-order valence-electron chi connectivity index (χ0n) is 8.77. The number of benzene rings is 1. The Labute approximate surface area is 92.5 Å². The third-order valence-corrected chi connectivity index (χ3v) is 1.90. The van der Waals surface area contributed by atoms with Gasteiger partial charge < -0.3 is 4.74 Å². The molecule has 0 aliphatic heterocycles. The molecular formula is C12H11FO3. The number of carbonyl (C=O) groups excluding carboxylic acids is 2. The van der Waals surface area contributed by atoms with Gasteiger partial charge in [0.2, 0.25) is 0 Å². The van der Waals surface area contributed by atoms with Crippen LogP contribution in [0, 0.1) is 5.82 Å². The summed E-state index contributed by atoms with van der Waals surface area (Å²) in [7, 11) is 1.29. The van der Waals surface area contributed by atoms with E-state index in [0.717, 1.165) is 6.07 Å². The van der Waals surface area contributed by atoms with E-state index in [1.165, 1.54) is 19.2 Å². The topological polar surface area (TPSA) is 43.4 Å². The van der Waals surface area contributed by atoms with Gasteiger partial charge in [0.05, 0.1) is 13.5 Å². The minimum atomic E-state index is -0.484. The van der Waals surface area contributed by atoms with Gasteiger partial charge in [0.25, 0.3) is 0 Å². The average molecular weight is 222 g/mol. The van der Waals surface area contributed by atoms with E-state index in [2.05, 4.69) is 4.74 Å². The van der Waals surface area contributed by atoms with Gasteiger partial charge in [0, 0.05) is 5.56 Å². The fourth-order valence-corrected chi connectivity index (χ4v) is 1.17. The number of aldehydes is 1. The highest BCUT2D eigenvalue weighted by atomic mass is 19.1. The maximum Gasteiger partial charge on any atom is 0.309 e. The Morgan fingerprint density at radius 2 is 2.06 bits per heavy atom. The van der Waals surface area contributed by atoms with Crippen LogP contribution in [0.3, 0.4) is 0 Å². The van der Waals surface area contributed by atoms with Crippen molar-refractivity contribution in [2.45, 2.75) is 6.42 Å². The predicted octanol–water partition coefficient (Wildman–Crippen LogP) is 2.21. The average Bonchev–Trinajstić information content (AvgIpc) is 2.28. The van der Waals surface area contributed by atoms with Crippen molar-refractivity contribution in [3.05, 3.63) is 41.2 Å². The number of esters is 1. The molecule has 0 saturated carbocycles. The second kappa shape index (κ2) is 5.80. The van der Waals surface area contributed by atoms with Crippen LogP contribution in [0.4, 0.5) is 4.39 Å². The Kier molecular flexibility index (Phi) is 4.39. The molecule has 1 rings (SSSR count). The van der Waals surface area contributed by atoms with E-state index in [-0.39, 0.29) is 18.0 Å². The SMILES string of the molecule is COC(=O)CC=Cc1cc(F)cc(C=O)c1. The van der Waals surface area contributed by atoms with E-state index in [4.69, 9.17) is 0 Å². The summed E-state index contributed by atoms with van der Waals surface area (Å²) in [5, 5.41) is 0. The van der Waals surface area contributed by atoms with Gasteiger partial charge in [0.15, 0.2) is 0 Å². The van der Waals surface area contributed by atoms with Crippen LogP contribution in [-0.2, 0) is 9.53 Å². The molecule has 0 fully saturated rings. The molecule has 0 aliphatic carbocycles. The van der Waals surface area contributed by atoms with Crippen LogP contribution in [-0.4, -0.2) is 19.4 Å². The summed E-state index contributed by atoms with van der Waals surface area (Å²) < 4.78 is 17.4. The van der Waals surface area contributed by atoms with Gasteiger partial charge in [-0.25, -0.2) is 4.39 Å². The van der Waals surface area contributed by atoms with Crippen LogP contribution in [0.5, 0.6) is 0 Å². The summed E-state index contributed by atoms with van der Waals surface area (Å²) in [6.45, 7) is 0. The van der Waals surface area contributed by atoms with Gasteiger partial charge in [-0.1, -0.05) is 12.2 Å². The Balaban J connectivity index is 2.76. The molecule has 0 amide bonds. The van der Waals surface area contributed by atoms with E-state index in [0.29, 0.717) is 11.8 Å². The lowest BCUT2D eigenvalue weighted by Crippen LogP contribution is -1.96. The van der Waals surface area contributed by atoms with Crippen molar-refractivity contribution in [3.63, 3.8) is 0 Å². The fourth-order valence-electron chi connectivity index (χ4n) is 1.17. The molecule has 0 heterocycles. The molecule has 0 aliphatic rings. The van der Waals surface area contributed by atoms with E-state index in [9.17, 15) is 14.0 Å². The summed E-state index contributed by atoms with van der Waals surface area (Å²) >= 11 is 0. The molecule has 3 nitrogen and oxygen atoms in total. The molecule has 0 unspecified atom stereocenters. The molecule has 0 atom stereocenters. The molecule has 1 aromatic rings. The number of rotatable bonds is 4. The third kappa shape index (κ3) is 3.65. The molecular weight excluding hydrogens is 211 g/mol. The number of hydrogen-bond donors (Lipinski definition) is 0. The van der Waals surface area contributed by atoms with Gasteiger partial charge in [-0.05, 0) is 23.8 Å². The Hall–Kier alpha value is -1.97. The molecule has 0 aromatic heterocycles. The van der Waals surface area contributed by atoms with Crippen molar-refractivity contribution in [1.29, 1.82) is 0 Å². The first-order chi connectivity index (χ1) is 7.65. The van der Waals surface area contributed by atoms with Crippen LogP contribution in [0.1, 0.15) is 22.3 Å². The molecule has 0 radical (unpaired) electrons. The predicted molar refractivity (Wildman–Crippen MR) is 57.5 cm³/mol. The largest absolute Gasteiger partial charge is 0.469 e. The minimum Gasteiger partial charge on any atom is -0.469 e. The number of halogens is 1. The zero-order chi connectivity index (χ0) is 12.0. The Morgan fingerprint density at radius 1 is 1.38 bits per heavy atom. The number of hydrogen-bond acceptors (Lipinski definition) is 3. The molecule has 0 saturated heterocycles. The van der Waals surface area contributed by atoms with E-state index in [1.807, 2.05) is 0 Å². The molecule has 84 valence electrons. The van der Waals surface area contributed by atoms with Crippen LogP contribution >= 0.6 is 0 Å². The Bertz CT molecular complexity index is 424. The first kappa shape index (κ1) is 12.1. The number of carbonyl (C=O) groups is 2. The lowest BCUT2D eigenvalue weighted by Gasteiger charge is -1.97. The number of ether oxygens (including phenoxy) is 1. The Morgan fingerprint density at radius 3 is 2.69 bits per heavy atom. The first-order valence-corrected chi connectivity index (χ1v) is 4.65. The van der Waals surface area contributed by atoms with E-state index >= 15 is 0 Å². The van der Waals surface area contributed by atoms with Crippen molar-refractivity contribution in [3.8, 4) is 0 Å². The lowest BCUT2D eigenvalue weighted by atomic mass is 10.1. The fraction of sp³-hybridized carbons (Fsp3) is 0.167. The summed E-state index contributed by atoms with van der Waals surface area (Å²) in [5.74, 6) is -0.856. The molecule has 1 aromatic carbocycles. The van der Waals surface area contributed by atoms with Crippen molar-refractivity contribution < 1.29 is 18.7 Å². The van der Waals surface area contributed by atoms with Gasteiger partial charge in [-0.3, -0.25) is 9.59 Å². The smallest absolute Gasteiger partial charge is 0.309 e. The van der Waals surface area contributed by atoms with Gasteiger partial charge in [0.1, 0.15) is 12.1 Å². The van der Waals surface area contributed by atoms with E-state index in [1.54, 1.807) is 12.2 Å². The van der Waals surface area contributed by atoms with Crippen LogP contribution < -0.4 is 0 Å². The van der Waals surface area contributed by atoms with Crippen molar-refractivity contribution in [2.24, 2.45) is 0 Å². The third-order valence-electron chi connectivity index (χ3n) is 1.90. The standard InChI is InChI=1S/C12H11FO3/c1-16-12(15)4-2-3-9-5-10(8-14)7-11(13)6-9/h2-3,5-8H,4H2,1H3. The van der Waals surface area contributed by atoms with Gasteiger partial charge >= 0.3 is 5.97 Å². The van der Waals surface area contributed by atoms with Crippen LogP contribution in [0.2, 0.25) is 0 Å². The lowest BCUT2D eigenvalue weighted by molar-refractivity contribution is -0.139. The zero-order valence-corrected chi connectivity index (χ0v) is 8.77. The van der Waals surface area contributed by atoms with Crippen LogP contribution in [0.15, 0.2) is 24.3 Å². The molecule has 16 heavy (non-hydrogen) atoms. The highest BCUT2D eigenvalue weighted by Crippen LogP contribution is 2.09. The highest BCUT2D eigenvalue weighted by molar-refractivity contribution is 5.77. The van der Waals surface area contributed by atoms with Crippen molar-refractivity contribution >= 4 is 18.3 Å². The summed E-state index contributed by atoms with van der Waals surface area (Å²) in [4.78, 5) is 21.3. The highest BCUT2D eigenvalue weighted by Gasteiger charge is 1.98. The van der Waals surface area contributed by atoms with Gasteiger partial charge in [-0.15, -0.1) is 0 Å². The summed E-state index contributed by atoms with van der Waals surface area (Å²) in [5.41, 5.74) is 0.795. The number of methoxy groups -OCH3 is 1.